The number of nitrogens with zero attached hydrogens (tertiary/aromatic N) is 4. The van der Waals surface area contributed by atoms with Crippen LogP contribution < -0.4 is 4.90 Å². The number of rotatable bonds is 9. The first kappa shape index (κ1) is 29.7. The van der Waals surface area contributed by atoms with Gasteiger partial charge in [0.25, 0.3) is 5.91 Å². The van der Waals surface area contributed by atoms with Crippen LogP contribution in [0.15, 0.2) is 85.1 Å². The molecule has 1 aromatic heterocycles. The molecule has 1 amide bonds. The SMILES string of the molecule is C[C@H]1[C@H]([Si](C)(C)F)[C@@H](CCn2cc(C(CO)c3ccccc3)nn2)O[C@]12C(=O)N(Cc1ccccc1)c1ccc(Cl)cc12. The Labute approximate surface area is 257 Å². The van der Waals surface area contributed by atoms with Crippen LogP contribution in [0.25, 0.3) is 0 Å². The van der Waals surface area contributed by atoms with Crippen LogP contribution >= 0.6 is 11.6 Å². The highest BCUT2D eigenvalue weighted by Gasteiger charge is 2.66. The number of aliphatic hydroxyl groups excluding tert-OH is 1. The molecule has 2 aliphatic heterocycles. The second-order valence-corrected chi connectivity index (χ2v) is 16.4. The van der Waals surface area contributed by atoms with Gasteiger partial charge in [0.2, 0.25) is 8.41 Å². The fourth-order valence-electron chi connectivity index (χ4n) is 7.11. The van der Waals surface area contributed by atoms with Crippen molar-refractivity contribution in [2.75, 3.05) is 11.5 Å². The molecular formula is C33H36ClFN4O3Si. The van der Waals surface area contributed by atoms with Crippen molar-refractivity contribution < 1.29 is 18.7 Å². The van der Waals surface area contributed by atoms with Gasteiger partial charge in [0.15, 0.2) is 5.60 Å². The molecule has 0 radical (unpaired) electrons. The third-order valence-electron chi connectivity index (χ3n) is 9.05. The van der Waals surface area contributed by atoms with Crippen LogP contribution in [0, 0.1) is 5.92 Å². The minimum absolute atomic E-state index is 0.0955. The molecule has 6 rings (SSSR count). The van der Waals surface area contributed by atoms with E-state index in [1.54, 1.807) is 28.7 Å². The standard InChI is InChI=1S/C33H36ClFN4O3Si/c1-22-31(43(2,3)35)30(16-17-38-20-28(36-37-38)26(21-40)24-12-8-5-9-13-24)42-33(22)27-18-25(34)14-15-29(27)39(32(33)41)19-23-10-6-4-7-11-23/h4-15,18,20,22,26,30-31,40H,16-17,19,21H2,1-3H3/t22-,26?,30+,31-,33+/m0/s1. The molecule has 0 aliphatic carbocycles. The number of anilines is 1. The van der Waals surface area contributed by atoms with Crippen LogP contribution in [0.4, 0.5) is 9.80 Å². The van der Waals surface area contributed by atoms with Crippen molar-refractivity contribution in [3.05, 3.63) is 112 Å². The van der Waals surface area contributed by atoms with Crippen molar-refractivity contribution in [2.45, 2.75) is 62.7 Å². The lowest BCUT2D eigenvalue weighted by molar-refractivity contribution is -0.146. The number of hydrogen-bond donors (Lipinski definition) is 1. The molecule has 1 saturated heterocycles. The van der Waals surface area contributed by atoms with Crippen LogP contribution in [0.5, 0.6) is 0 Å². The average molecular weight is 619 g/mol. The first-order valence-electron chi connectivity index (χ1n) is 14.7. The maximum Gasteiger partial charge on any atom is 0.264 e. The van der Waals surface area contributed by atoms with Gasteiger partial charge in [-0.2, -0.15) is 0 Å². The third kappa shape index (κ3) is 5.33. The predicted molar refractivity (Wildman–Crippen MR) is 167 cm³/mol. The van der Waals surface area contributed by atoms with Crippen LogP contribution in [0.3, 0.4) is 0 Å². The maximum atomic E-state index is 16.2. The molecule has 7 nitrogen and oxygen atoms in total. The molecule has 224 valence electrons. The van der Waals surface area contributed by atoms with E-state index >= 15 is 4.11 Å². The zero-order valence-electron chi connectivity index (χ0n) is 24.5. The fourth-order valence-corrected chi connectivity index (χ4v) is 9.82. The lowest BCUT2D eigenvalue weighted by atomic mass is 9.82. The van der Waals surface area contributed by atoms with Crippen LogP contribution in [-0.2, 0) is 28.2 Å². The highest BCUT2D eigenvalue weighted by Crippen LogP contribution is 2.60. The summed E-state index contributed by atoms with van der Waals surface area (Å²) >= 11 is 6.49. The van der Waals surface area contributed by atoms with Gasteiger partial charge in [-0.25, -0.2) is 0 Å². The highest BCUT2D eigenvalue weighted by atomic mass is 35.5. The van der Waals surface area contributed by atoms with Crippen molar-refractivity contribution in [1.82, 2.24) is 15.0 Å². The Morgan fingerprint density at radius 1 is 1.09 bits per heavy atom. The molecule has 2 aliphatic rings. The van der Waals surface area contributed by atoms with E-state index in [9.17, 15) is 9.90 Å². The molecule has 1 unspecified atom stereocenters. The Morgan fingerprint density at radius 3 is 2.47 bits per heavy atom. The van der Waals surface area contributed by atoms with E-state index in [2.05, 4.69) is 10.3 Å². The van der Waals surface area contributed by atoms with Crippen molar-refractivity contribution >= 4 is 31.6 Å². The van der Waals surface area contributed by atoms with E-state index in [1.807, 2.05) is 85.9 Å². The Hall–Kier alpha value is -3.37. The second kappa shape index (κ2) is 11.6. The first-order chi connectivity index (χ1) is 20.6. The number of carbonyl (C=O) groups is 1. The number of amides is 1. The first-order valence-corrected chi connectivity index (χ1v) is 18.0. The number of ether oxygens (including phenoxy) is 1. The molecule has 1 fully saturated rings. The van der Waals surface area contributed by atoms with E-state index in [1.165, 1.54) is 0 Å². The molecule has 4 aromatic rings. The number of hydrogen-bond acceptors (Lipinski definition) is 5. The zero-order valence-corrected chi connectivity index (χ0v) is 26.3. The maximum absolute atomic E-state index is 16.2. The molecule has 10 heteroatoms. The number of aliphatic hydroxyl groups is 1. The summed E-state index contributed by atoms with van der Waals surface area (Å²) in [5.41, 5.74) is 2.30. The third-order valence-corrected chi connectivity index (χ3v) is 11.7. The fraction of sp³-hybridized carbons (Fsp3) is 0.364. The number of halogens is 2. The van der Waals surface area contributed by atoms with Crippen LogP contribution in [-0.4, -0.2) is 47.1 Å². The topological polar surface area (TPSA) is 80.5 Å². The number of fused-ring (bicyclic) bond motifs is 2. The minimum Gasteiger partial charge on any atom is -0.395 e. The van der Waals surface area contributed by atoms with Crippen LogP contribution in [0.1, 0.15) is 41.6 Å². The van der Waals surface area contributed by atoms with Crippen molar-refractivity contribution in [2.24, 2.45) is 5.92 Å². The van der Waals surface area contributed by atoms with Crippen molar-refractivity contribution in [3.63, 3.8) is 0 Å². The van der Waals surface area contributed by atoms with Crippen molar-refractivity contribution in [3.8, 4) is 0 Å². The number of benzene rings is 3. The quantitative estimate of drug-likeness (QED) is 0.172. The van der Waals surface area contributed by atoms with Gasteiger partial charge >= 0.3 is 0 Å². The monoisotopic (exact) mass is 618 g/mol. The highest BCUT2D eigenvalue weighted by molar-refractivity contribution is 6.72. The summed E-state index contributed by atoms with van der Waals surface area (Å²) in [6.07, 6.45) is 1.77. The largest absolute Gasteiger partial charge is 0.395 e. The number of aryl methyl sites for hydroxylation is 1. The molecule has 0 bridgehead atoms. The Balaban J connectivity index is 1.30. The lowest BCUT2D eigenvalue weighted by Gasteiger charge is -2.31. The molecule has 1 N–H and O–H groups in total. The van der Waals surface area contributed by atoms with Crippen molar-refractivity contribution in [1.29, 1.82) is 0 Å². The lowest BCUT2D eigenvalue weighted by Crippen LogP contribution is -2.45. The van der Waals surface area contributed by atoms with E-state index < -0.39 is 31.6 Å². The molecule has 3 heterocycles. The van der Waals surface area contributed by atoms with E-state index in [0.717, 1.165) is 16.8 Å². The second-order valence-electron chi connectivity index (χ2n) is 12.2. The number of carbonyl (C=O) groups excluding carboxylic acids is 1. The molecule has 0 saturated carbocycles. The molecule has 43 heavy (non-hydrogen) atoms. The van der Waals surface area contributed by atoms with Gasteiger partial charge in [-0.05, 0) is 48.8 Å². The summed E-state index contributed by atoms with van der Waals surface area (Å²) in [7, 11) is -3.31. The predicted octanol–water partition coefficient (Wildman–Crippen LogP) is 6.47. The van der Waals surface area contributed by atoms with Gasteiger partial charge < -0.3 is 18.9 Å². The summed E-state index contributed by atoms with van der Waals surface area (Å²) in [4.78, 5) is 16.2. The summed E-state index contributed by atoms with van der Waals surface area (Å²) < 4.78 is 24.7. The Kier molecular flexibility index (Phi) is 8.02. The molecule has 5 atom stereocenters. The van der Waals surface area contributed by atoms with Gasteiger partial charge in [0.1, 0.15) is 0 Å². The van der Waals surface area contributed by atoms with Gasteiger partial charge in [-0.15, -0.1) is 5.10 Å². The van der Waals surface area contributed by atoms with Gasteiger partial charge in [-0.3, -0.25) is 9.48 Å². The Morgan fingerprint density at radius 2 is 1.79 bits per heavy atom. The smallest absolute Gasteiger partial charge is 0.264 e. The summed E-state index contributed by atoms with van der Waals surface area (Å²) in [6, 6.07) is 25.0. The molecule has 3 aromatic carbocycles. The van der Waals surface area contributed by atoms with E-state index in [0.29, 0.717) is 35.8 Å². The van der Waals surface area contributed by atoms with Gasteiger partial charge in [0.05, 0.1) is 36.6 Å². The zero-order chi connectivity index (χ0) is 30.4. The summed E-state index contributed by atoms with van der Waals surface area (Å²) in [6.45, 7) is 6.06. The molecular weight excluding hydrogens is 583 g/mol. The minimum atomic E-state index is -3.31. The Bertz CT molecular complexity index is 1600. The molecule has 1 spiro atoms. The van der Waals surface area contributed by atoms with Crippen LogP contribution in [0.2, 0.25) is 23.7 Å². The summed E-state index contributed by atoms with van der Waals surface area (Å²) in [5, 5.41) is 19.2. The average Bonchev–Trinajstić information content (AvgIpc) is 3.64. The number of aromatic nitrogens is 3. The van der Waals surface area contributed by atoms with E-state index in [4.69, 9.17) is 16.3 Å². The van der Waals surface area contributed by atoms with Gasteiger partial charge in [-0.1, -0.05) is 84.4 Å². The van der Waals surface area contributed by atoms with E-state index in [-0.39, 0.29) is 18.4 Å². The summed E-state index contributed by atoms with van der Waals surface area (Å²) in [5.74, 6) is -0.875. The van der Waals surface area contributed by atoms with Gasteiger partial charge in [0, 0.05) is 34.8 Å². The normalized spacial score (nSPS) is 24.1.